The Morgan fingerprint density at radius 1 is 0.944 bits per heavy atom. The van der Waals surface area contributed by atoms with Gasteiger partial charge in [0.1, 0.15) is 0 Å². The molecule has 1 saturated carbocycles. The molecule has 0 spiro atoms. The third kappa shape index (κ3) is 2.34. The van der Waals surface area contributed by atoms with E-state index < -0.39 is 0 Å². The Labute approximate surface area is 108 Å². The lowest BCUT2D eigenvalue weighted by Crippen LogP contribution is -2.36. The number of hydrogen-bond acceptors (Lipinski definition) is 2. The predicted molar refractivity (Wildman–Crippen MR) is 75.8 cm³/mol. The average molecular weight is 241 g/mol. The molecule has 2 N–H and O–H groups in total. The molecule has 94 valence electrons. The fourth-order valence-corrected chi connectivity index (χ4v) is 2.77. The molecule has 3 rings (SSSR count). The highest BCUT2D eigenvalue weighted by Crippen LogP contribution is 2.24. The van der Waals surface area contributed by atoms with Gasteiger partial charge < -0.3 is 10.4 Å². The lowest BCUT2D eigenvalue weighted by atomic mass is 9.92. The van der Waals surface area contributed by atoms with Gasteiger partial charge in [0.25, 0.3) is 0 Å². The van der Waals surface area contributed by atoms with Crippen LogP contribution in [-0.4, -0.2) is 17.3 Å². The summed E-state index contributed by atoms with van der Waals surface area (Å²) >= 11 is 0. The van der Waals surface area contributed by atoms with Gasteiger partial charge in [-0.3, -0.25) is 0 Å². The van der Waals surface area contributed by atoms with Crippen molar-refractivity contribution >= 4 is 16.5 Å². The highest BCUT2D eigenvalue weighted by atomic mass is 16.3. The summed E-state index contributed by atoms with van der Waals surface area (Å²) in [5.41, 5.74) is 1.11. The minimum absolute atomic E-state index is 0.203. The summed E-state index contributed by atoms with van der Waals surface area (Å²) in [7, 11) is 0. The Bertz CT molecular complexity index is 537. The van der Waals surface area contributed by atoms with Crippen molar-refractivity contribution in [3.8, 4) is 0 Å². The van der Waals surface area contributed by atoms with Crippen molar-refractivity contribution in [3.63, 3.8) is 0 Å². The molecule has 0 heterocycles. The molecular weight excluding hydrogens is 222 g/mol. The number of fused-ring (bicyclic) bond motifs is 1. The molecule has 1 aliphatic carbocycles. The number of anilines is 1. The van der Waals surface area contributed by atoms with Crippen LogP contribution in [0.5, 0.6) is 0 Å². The summed E-state index contributed by atoms with van der Waals surface area (Å²) in [6, 6.07) is 15.0. The van der Waals surface area contributed by atoms with E-state index in [1.807, 2.05) is 0 Å². The molecular formula is C16H19NO. The van der Waals surface area contributed by atoms with E-state index in [9.17, 15) is 5.11 Å². The predicted octanol–water partition coefficient (Wildman–Crippen LogP) is 3.56. The van der Waals surface area contributed by atoms with Gasteiger partial charge in [-0.2, -0.15) is 0 Å². The summed E-state index contributed by atoms with van der Waals surface area (Å²) in [6.07, 6.45) is 4.14. The van der Waals surface area contributed by atoms with Crippen molar-refractivity contribution in [1.82, 2.24) is 0 Å². The highest BCUT2D eigenvalue weighted by molar-refractivity contribution is 5.85. The van der Waals surface area contributed by atoms with E-state index in [-0.39, 0.29) is 12.1 Å². The van der Waals surface area contributed by atoms with E-state index >= 15 is 0 Å². The number of hydrogen-bond donors (Lipinski definition) is 2. The number of rotatable bonds is 2. The molecule has 0 bridgehead atoms. The molecule has 0 saturated heterocycles. The average Bonchev–Trinajstić information content (AvgIpc) is 2.41. The number of nitrogens with one attached hydrogen (secondary N) is 1. The fraction of sp³-hybridized carbons (Fsp3) is 0.375. The molecule has 0 aliphatic heterocycles. The first-order chi connectivity index (χ1) is 8.83. The first-order valence-corrected chi connectivity index (χ1v) is 6.76. The maximum atomic E-state index is 9.98. The van der Waals surface area contributed by atoms with E-state index in [4.69, 9.17) is 0 Å². The normalized spacial score (nSPS) is 24.1. The van der Waals surface area contributed by atoms with Gasteiger partial charge in [0, 0.05) is 5.69 Å². The summed E-state index contributed by atoms with van der Waals surface area (Å²) in [6.45, 7) is 0. The molecule has 2 aromatic rings. The van der Waals surface area contributed by atoms with Gasteiger partial charge in [-0.15, -0.1) is 0 Å². The zero-order chi connectivity index (χ0) is 12.4. The van der Waals surface area contributed by atoms with Crippen LogP contribution >= 0.6 is 0 Å². The van der Waals surface area contributed by atoms with E-state index in [0.29, 0.717) is 0 Å². The van der Waals surface area contributed by atoms with Crippen LogP contribution in [0.25, 0.3) is 10.8 Å². The van der Waals surface area contributed by atoms with Crippen LogP contribution in [-0.2, 0) is 0 Å². The summed E-state index contributed by atoms with van der Waals surface area (Å²) < 4.78 is 0. The standard InChI is InChI=1S/C16H19NO/c18-16-8-4-3-7-15(16)17-14-10-9-12-5-1-2-6-13(12)11-14/h1-2,5-6,9-11,15-18H,3-4,7-8H2/t15-,16-/m1/s1. The molecule has 2 nitrogen and oxygen atoms in total. The Balaban J connectivity index is 1.81. The first-order valence-electron chi connectivity index (χ1n) is 6.76. The van der Waals surface area contributed by atoms with Crippen molar-refractivity contribution in [2.24, 2.45) is 0 Å². The molecule has 2 atom stereocenters. The largest absolute Gasteiger partial charge is 0.391 e. The molecule has 0 unspecified atom stereocenters. The third-order valence-corrected chi connectivity index (χ3v) is 3.83. The highest BCUT2D eigenvalue weighted by Gasteiger charge is 2.22. The zero-order valence-corrected chi connectivity index (χ0v) is 10.5. The van der Waals surface area contributed by atoms with Crippen molar-refractivity contribution in [2.45, 2.75) is 37.8 Å². The van der Waals surface area contributed by atoms with Gasteiger partial charge in [0.05, 0.1) is 12.1 Å². The van der Waals surface area contributed by atoms with Gasteiger partial charge >= 0.3 is 0 Å². The Morgan fingerprint density at radius 3 is 2.56 bits per heavy atom. The molecule has 0 aromatic heterocycles. The Morgan fingerprint density at radius 2 is 1.72 bits per heavy atom. The van der Waals surface area contributed by atoms with Crippen LogP contribution in [0.4, 0.5) is 5.69 Å². The van der Waals surface area contributed by atoms with Crippen molar-refractivity contribution in [1.29, 1.82) is 0 Å². The zero-order valence-electron chi connectivity index (χ0n) is 10.5. The van der Waals surface area contributed by atoms with Crippen LogP contribution in [0.15, 0.2) is 42.5 Å². The third-order valence-electron chi connectivity index (χ3n) is 3.83. The lowest BCUT2D eigenvalue weighted by Gasteiger charge is -2.29. The smallest absolute Gasteiger partial charge is 0.0741 e. The van der Waals surface area contributed by atoms with E-state index in [2.05, 4.69) is 47.8 Å². The Hall–Kier alpha value is -1.54. The summed E-state index contributed by atoms with van der Waals surface area (Å²) in [5.74, 6) is 0. The first kappa shape index (κ1) is 11.5. The van der Waals surface area contributed by atoms with Gasteiger partial charge in [-0.1, -0.05) is 43.2 Å². The second kappa shape index (κ2) is 4.99. The second-order valence-electron chi connectivity index (χ2n) is 5.16. The SMILES string of the molecule is O[C@@H]1CCCC[C@H]1Nc1ccc2ccccc2c1. The van der Waals surface area contributed by atoms with Crippen molar-refractivity contribution in [2.75, 3.05) is 5.32 Å². The topological polar surface area (TPSA) is 32.3 Å². The molecule has 2 aromatic carbocycles. The number of aliphatic hydroxyl groups excluding tert-OH is 1. The van der Waals surface area contributed by atoms with Crippen molar-refractivity contribution in [3.05, 3.63) is 42.5 Å². The Kier molecular flexibility index (Phi) is 3.20. The summed E-state index contributed by atoms with van der Waals surface area (Å²) in [5, 5.41) is 16.0. The molecule has 1 fully saturated rings. The van der Waals surface area contributed by atoms with Crippen LogP contribution in [0, 0.1) is 0 Å². The molecule has 0 amide bonds. The van der Waals surface area contributed by atoms with Gasteiger partial charge in [0.15, 0.2) is 0 Å². The maximum Gasteiger partial charge on any atom is 0.0741 e. The van der Waals surface area contributed by atoms with Crippen LogP contribution < -0.4 is 5.32 Å². The molecule has 0 radical (unpaired) electrons. The van der Waals surface area contributed by atoms with Crippen LogP contribution in [0.3, 0.4) is 0 Å². The van der Waals surface area contributed by atoms with Gasteiger partial charge in [0.2, 0.25) is 0 Å². The molecule has 18 heavy (non-hydrogen) atoms. The van der Waals surface area contributed by atoms with Crippen molar-refractivity contribution < 1.29 is 5.11 Å². The van der Waals surface area contributed by atoms with Crippen LogP contribution in [0.2, 0.25) is 0 Å². The summed E-state index contributed by atoms with van der Waals surface area (Å²) in [4.78, 5) is 0. The van der Waals surface area contributed by atoms with Crippen LogP contribution in [0.1, 0.15) is 25.7 Å². The van der Waals surface area contributed by atoms with E-state index in [1.54, 1.807) is 0 Å². The maximum absolute atomic E-state index is 9.98. The van der Waals surface area contributed by atoms with E-state index in [1.165, 1.54) is 17.2 Å². The minimum atomic E-state index is -0.203. The van der Waals surface area contributed by atoms with E-state index in [0.717, 1.165) is 24.9 Å². The van der Waals surface area contributed by atoms with Gasteiger partial charge in [-0.25, -0.2) is 0 Å². The molecule has 2 heteroatoms. The quantitative estimate of drug-likeness (QED) is 0.842. The molecule has 1 aliphatic rings. The number of aliphatic hydroxyl groups is 1. The van der Waals surface area contributed by atoms with Gasteiger partial charge in [-0.05, 0) is 35.7 Å². The fourth-order valence-electron chi connectivity index (χ4n) is 2.77. The monoisotopic (exact) mass is 241 g/mol. The minimum Gasteiger partial charge on any atom is -0.391 e. The second-order valence-corrected chi connectivity index (χ2v) is 5.16. The number of benzene rings is 2. The lowest BCUT2D eigenvalue weighted by molar-refractivity contribution is 0.116.